The molecule has 11 heteroatoms. The maximum absolute atomic E-state index is 13.3. The van der Waals surface area contributed by atoms with Gasteiger partial charge in [0.05, 0.1) is 40.2 Å². The van der Waals surface area contributed by atoms with Gasteiger partial charge in [0.1, 0.15) is 12.4 Å². The largest absolute Gasteiger partial charge is 0.507 e. The van der Waals surface area contributed by atoms with Gasteiger partial charge >= 0.3 is 11.9 Å². The summed E-state index contributed by atoms with van der Waals surface area (Å²) >= 11 is 0. The van der Waals surface area contributed by atoms with Gasteiger partial charge in [-0.15, -0.1) is 0 Å². The molecule has 3 N–H and O–H groups in total. The zero-order chi connectivity index (χ0) is 28.0. The van der Waals surface area contributed by atoms with Gasteiger partial charge in [-0.2, -0.15) is 0 Å². The van der Waals surface area contributed by atoms with Gasteiger partial charge in [0.25, 0.3) is 11.6 Å². The first-order chi connectivity index (χ1) is 18.0. The molecule has 0 aromatic heterocycles. The predicted molar refractivity (Wildman–Crippen MR) is 137 cm³/mol. The molecule has 0 radical (unpaired) electrons. The molecule has 0 saturated carbocycles. The number of ether oxygens (including phenoxy) is 2. The molecule has 0 spiro atoms. The first-order valence-electron chi connectivity index (χ1n) is 11.9. The first kappa shape index (κ1) is 27.9. The number of amides is 1. The number of rotatable bonds is 9. The number of aromatic hydroxyl groups is 1. The molecule has 1 unspecified atom stereocenters. The van der Waals surface area contributed by atoms with Gasteiger partial charge < -0.3 is 25.2 Å². The normalized spacial score (nSPS) is 15.1. The summed E-state index contributed by atoms with van der Waals surface area (Å²) in [5.74, 6) is -3.16. The summed E-state index contributed by atoms with van der Waals surface area (Å²) in [6.45, 7) is 6.41. The number of allylic oxidation sites excluding steroid dienone is 2. The summed E-state index contributed by atoms with van der Waals surface area (Å²) in [4.78, 5) is 49.5. The Morgan fingerprint density at radius 3 is 2.34 bits per heavy atom. The van der Waals surface area contributed by atoms with E-state index in [-0.39, 0.29) is 41.3 Å². The van der Waals surface area contributed by atoms with Gasteiger partial charge in [0, 0.05) is 23.5 Å². The number of nitrogens with one attached hydrogen (secondary N) is 2. The number of esters is 2. The Labute approximate surface area is 219 Å². The number of hydrogen-bond donors (Lipinski definition) is 3. The number of para-hydroxylation sites is 1. The van der Waals surface area contributed by atoms with Crippen molar-refractivity contribution in [3.8, 4) is 5.75 Å². The van der Waals surface area contributed by atoms with Crippen molar-refractivity contribution in [3.05, 3.63) is 92.3 Å². The van der Waals surface area contributed by atoms with E-state index in [0.717, 1.165) is 0 Å². The molecule has 200 valence electrons. The number of non-ortho nitro benzene ring substituents is 1. The van der Waals surface area contributed by atoms with E-state index in [2.05, 4.69) is 10.6 Å². The highest BCUT2D eigenvalue weighted by molar-refractivity contribution is 6.00. The summed E-state index contributed by atoms with van der Waals surface area (Å²) in [5.41, 5.74) is 1.28. The minimum absolute atomic E-state index is 0.0444. The summed E-state index contributed by atoms with van der Waals surface area (Å²) < 4.78 is 10.8. The van der Waals surface area contributed by atoms with Crippen molar-refractivity contribution in [3.63, 3.8) is 0 Å². The summed E-state index contributed by atoms with van der Waals surface area (Å²) in [6, 6.07) is 11.7. The third kappa shape index (κ3) is 6.36. The third-order valence-corrected chi connectivity index (χ3v) is 5.73. The first-order valence-corrected chi connectivity index (χ1v) is 11.9. The molecule has 2 aromatic rings. The highest BCUT2D eigenvalue weighted by atomic mass is 16.6. The van der Waals surface area contributed by atoms with Crippen molar-refractivity contribution in [2.75, 3.05) is 13.2 Å². The van der Waals surface area contributed by atoms with Crippen LogP contribution >= 0.6 is 0 Å². The van der Waals surface area contributed by atoms with E-state index in [4.69, 9.17) is 9.47 Å². The van der Waals surface area contributed by atoms with E-state index in [0.29, 0.717) is 17.0 Å². The molecule has 2 aromatic carbocycles. The van der Waals surface area contributed by atoms with E-state index in [1.807, 2.05) is 0 Å². The molecule has 1 heterocycles. The van der Waals surface area contributed by atoms with Crippen molar-refractivity contribution in [1.82, 2.24) is 10.6 Å². The minimum atomic E-state index is -0.995. The van der Waals surface area contributed by atoms with Gasteiger partial charge in [-0.3, -0.25) is 14.9 Å². The number of benzene rings is 2. The molecule has 1 aliphatic heterocycles. The number of hydrogen-bond acceptors (Lipinski definition) is 9. The van der Waals surface area contributed by atoms with E-state index in [1.54, 1.807) is 45.9 Å². The molecule has 1 atom stereocenters. The van der Waals surface area contributed by atoms with Crippen molar-refractivity contribution < 1.29 is 33.9 Å². The molecule has 38 heavy (non-hydrogen) atoms. The average molecular weight is 524 g/mol. The fourth-order valence-electron chi connectivity index (χ4n) is 4.11. The predicted octanol–water partition coefficient (Wildman–Crippen LogP) is 3.46. The quantitative estimate of drug-likeness (QED) is 0.194. The third-order valence-electron chi connectivity index (χ3n) is 5.73. The summed E-state index contributed by atoms with van der Waals surface area (Å²) in [7, 11) is 0. The molecule has 3 rings (SSSR count). The minimum Gasteiger partial charge on any atom is -0.507 e. The van der Waals surface area contributed by atoms with Crippen LogP contribution in [-0.2, 0) is 19.1 Å². The summed E-state index contributed by atoms with van der Waals surface area (Å²) in [6.07, 6.45) is -0.441. The zero-order valence-electron chi connectivity index (χ0n) is 21.4. The smallest absolute Gasteiger partial charge is 0.337 e. The highest BCUT2D eigenvalue weighted by Crippen LogP contribution is 2.40. The second kappa shape index (κ2) is 12.0. The summed E-state index contributed by atoms with van der Waals surface area (Å²) in [5, 5.41) is 26.8. The number of nitrogens with zero attached hydrogens (tertiary/aromatic N) is 1. The zero-order valence-corrected chi connectivity index (χ0v) is 21.4. The van der Waals surface area contributed by atoms with E-state index in [1.165, 1.54) is 30.3 Å². The lowest BCUT2D eigenvalue weighted by Crippen LogP contribution is -2.34. The fourth-order valence-corrected chi connectivity index (χ4v) is 4.11. The van der Waals surface area contributed by atoms with Crippen LogP contribution in [0.15, 0.2) is 71.1 Å². The second-order valence-corrected chi connectivity index (χ2v) is 8.85. The highest BCUT2D eigenvalue weighted by Gasteiger charge is 2.38. The van der Waals surface area contributed by atoms with Crippen LogP contribution in [0.5, 0.6) is 5.75 Å². The van der Waals surface area contributed by atoms with Gasteiger partial charge in [-0.05, 0) is 45.4 Å². The Kier molecular flexibility index (Phi) is 8.85. The van der Waals surface area contributed by atoms with Crippen LogP contribution < -0.4 is 10.6 Å². The van der Waals surface area contributed by atoms with Gasteiger partial charge in [-0.1, -0.05) is 24.3 Å². The Morgan fingerprint density at radius 2 is 1.71 bits per heavy atom. The Hall–Kier alpha value is -4.67. The molecule has 0 aliphatic carbocycles. The number of carbonyl (C=O) groups is 3. The van der Waals surface area contributed by atoms with E-state index >= 15 is 0 Å². The van der Waals surface area contributed by atoms with E-state index in [9.17, 15) is 29.6 Å². The van der Waals surface area contributed by atoms with Crippen LogP contribution in [0.25, 0.3) is 0 Å². The molecule has 11 nitrogen and oxygen atoms in total. The Balaban J connectivity index is 1.86. The van der Waals surface area contributed by atoms with Crippen LogP contribution in [0.2, 0.25) is 0 Å². The van der Waals surface area contributed by atoms with Crippen LogP contribution in [0, 0.1) is 10.1 Å². The molecular weight excluding hydrogens is 494 g/mol. The lowest BCUT2D eigenvalue weighted by atomic mass is 9.80. The standard InChI is InChI=1S/C27H29N3O8/c1-15(2)38-27(34)23-17(4)29-16(3)22(24(23)18-8-7-9-19(14-18)30(35)36)26(33)37-13-12-28-25(32)20-10-5-6-11-21(20)31/h5-11,14-15,24,29,31H,12-13H2,1-4H3,(H,28,32). The number of nitro benzene ring substituents is 1. The van der Waals surface area contributed by atoms with Crippen LogP contribution in [0.1, 0.15) is 49.5 Å². The van der Waals surface area contributed by atoms with Gasteiger partial charge in [0.15, 0.2) is 0 Å². The number of phenolic OH excluding ortho intramolecular Hbond substituents is 1. The molecule has 1 amide bonds. The molecule has 0 fully saturated rings. The Morgan fingerprint density at radius 1 is 1.05 bits per heavy atom. The lowest BCUT2D eigenvalue weighted by molar-refractivity contribution is -0.384. The van der Waals surface area contributed by atoms with Crippen molar-refractivity contribution in [2.24, 2.45) is 0 Å². The number of dihydropyridines is 1. The SMILES string of the molecule is CC1=C(C(=O)OCCNC(=O)c2ccccc2O)C(c2cccc([N+](=O)[O-])c2)C(C(=O)OC(C)C)=C(C)N1. The molecule has 1 aliphatic rings. The number of carbonyl (C=O) groups excluding carboxylic acids is 3. The molecule has 0 saturated heterocycles. The van der Waals surface area contributed by atoms with Crippen LogP contribution in [0.3, 0.4) is 0 Å². The second-order valence-electron chi connectivity index (χ2n) is 8.85. The number of phenols is 1. The average Bonchev–Trinajstić information content (AvgIpc) is 2.85. The fraction of sp³-hybridized carbons (Fsp3) is 0.296. The monoisotopic (exact) mass is 523 g/mol. The lowest BCUT2D eigenvalue weighted by Gasteiger charge is -2.30. The van der Waals surface area contributed by atoms with Crippen LogP contribution in [0.4, 0.5) is 5.69 Å². The topological polar surface area (TPSA) is 157 Å². The molecular formula is C27H29N3O8. The van der Waals surface area contributed by atoms with Crippen molar-refractivity contribution >= 4 is 23.5 Å². The van der Waals surface area contributed by atoms with Gasteiger partial charge in [0.2, 0.25) is 0 Å². The van der Waals surface area contributed by atoms with Crippen molar-refractivity contribution in [1.29, 1.82) is 0 Å². The molecule has 0 bridgehead atoms. The maximum Gasteiger partial charge on any atom is 0.337 e. The van der Waals surface area contributed by atoms with Crippen LogP contribution in [-0.4, -0.2) is 47.1 Å². The van der Waals surface area contributed by atoms with Gasteiger partial charge in [-0.25, -0.2) is 9.59 Å². The maximum atomic E-state index is 13.3. The number of nitro groups is 1. The van der Waals surface area contributed by atoms with Crippen molar-refractivity contribution in [2.45, 2.75) is 39.7 Å². The Bertz CT molecular complexity index is 1330. The van der Waals surface area contributed by atoms with E-state index < -0.39 is 34.8 Å².